The van der Waals surface area contributed by atoms with Crippen LogP contribution in [0.25, 0.3) is 0 Å². The third-order valence-corrected chi connectivity index (χ3v) is 1.78. The van der Waals surface area contributed by atoms with Gasteiger partial charge in [-0.25, -0.2) is 0 Å². The largest absolute Gasteiger partial charge is 0.481 e. The number of hydrogen-bond acceptors (Lipinski definition) is 2. The average molecular weight is 144 g/mol. The van der Waals surface area contributed by atoms with Crippen LogP contribution in [-0.4, -0.2) is 24.3 Å². The summed E-state index contributed by atoms with van der Waals surface area (Å²) in [6.45, 7) is 3.22. The number of carboxylic acid groups (broad SMARTS) is 1. The van der Waals surface area contributed by atoms with Crippen LogP contribution in [0.2, 0.25) is 0 Å². The van der Waals surface area contributed by atoms with Crippen LogP contribution in [0.3, 0.4) is 0 Å². The van der Waals surface area contributed by atoms with Gasteiger partial charge in [0.2, 0.25) is 0 Å². The van der Waals surface area contributed by atoms with Crippen LogP contribution in [0.15, 0.2) is 0 Å². The Labute approximate surface area is 60.0 Å². The van der Waals surface area contributed by atoms with Gasteiger partial charge in [-0.05, 0) is 19.3 Å². The molecule has 1 fully saturated rings. The summed E-state index contributed by atoms with van der Waals surface area (Å²) >= 11 is 0. The molecule has 0 bridgehead atoms. The molecule has 10 heavy (non-hydrogen) atoms. The van der Waals surface area contributed by atoms with Crippen molar-refractivity contribution in [3.8, 4) is 0 Å². The van der Waals surface area contributed by atoms with Crippen LogP contribution >= 0.6 is 0 Å². The first-order valence-electron chi connectivity index (χ1n) is 3.56. The maximum Gasteiger partial charge on any atom is 0.306 e. The lowest BCUT2D eigenvalue weighted by Gasteiger charge is -1.96. The zero-order valence-electron chi connectivity index (χ0n) is 6.04. The first kappa shape index (κ1) is 7.54. The minimum absolute atomic E-state index is 0.119. The van der Waals surface area contributed by atoms with Crippen molar-refractivity contribution in [2.75, 3.05) is 13.2 Å². The summed E-state index contributed by atoms with van der Waals surface area (Å²) in [5, 5.41) is 8.47. The van der Waals surface area contributed by atoms with E-state index in [2.05, 4.69) is 0 Å². The average Bonchev–Trinajstić information content (AvgIpc) is 2.62. The Morgan fingerprint density at radius 2 is 2.50 bits per heavy atom. The van der Waals surface area contributed by atoms with E-state index in [0.717, 1.165) is 6.42 Å². The summed E-state index contributed by atoms with van der Waals surface area (Å²) in [7, 11) is 0. The van der Waals surface area contributed by atoms with Gasteiger partial charge >= 0.3 is 5.97 Å². The summed E-state index contributed by atoms with van der Waals surface area (Å²) in [5.74, 6) is -0.506. The van der Waals surface area contributed by atoms with E-state index in [1.807, 2.05) is 6.92 Å². The van der Waals surface area contributed by atoms with Gasteiger partial charge in [-0.1, -0.05) is 0 Å². The van der Waals surface area contributed by atoms with Gasteiger partial charge in [0.25, 0.3) is 0 Å². The van der Waals surface area contributed by atoms with Crippen molar-refractivity contribution >= 4 is 5.97 Å². The first-order valence-corrected chi connectivity index (χ1v) is 3.56. The Hall–Kier alpha value is -0.570. The molecule has 3 nitrogen and oxygen atoms in total. The maximum atomic E-state index is 10.3. The fourth-order valence-electron chi connectivity index (χ4n) is 1.00. The molecular weight excluding hydrogens is 132 g/mol. The molecule has 1 N–H and O–H groups in total. The van der Waals surface area contributed by atoms with E-state index >= 15 is 0 Å². The predicted molar refractivity (Wildman–Crippen MR) is 35.7 cm³/mol. The van der Waals surface area contributed by atoms with Crippen LogP contribution in [0.5, 0.6) is 0 Å². The molecule has 58 valence electrons. The first-order chi connectivity index (χ1) is 4.75. The Morgan fingerprint density at radius 3 is 2.90 bits per heavy atom. The molecule has 0 aromatic heterocycles. The van der Waals surface area contributed by atoms with Crippen LogP contribution in [0.4, 0.5) is 0 Å². The molecule has 0 aromatic rings. The summed E-state index contributed by atoms with van der Waals surface area (Å²) < 4.78 is 5.07. The molecule has 1 rings (SSSR count). The molecule has 0 spiro atoms. The molecule has 0 radical (unpaired) electrons. The monoisotopic (exact) mass is 144 g/mol. The molecule has 2 unspecified atom stereocenters. The standard InChI is InChI=1S/C7H12O3/c1-2-10-4-5-3-6(5)7(8)9/h5-6H,2-4H2,1H3,(H,8,9). The van der Waals surface area contributed by atoms with Crippen molar-refractivity contribution in [1.82, 2.24) is 0 Å². The Bertz CT molecular complexity index is 133. The van der Waals surface area contributed by atoms with E-state index in [1.165, 1.54) is 0 Å². The molecule has 1 aliphatic rings. The normalized spacial score (nSPS) is 30.1. The molecule has 3 heteroatoms. The predicted octanol–water partition coefficient (Wildman–Crippen LogP) is 0.744. The Balaban J connectivity index is 2.08. The van der Waals surface area contributed by atoms with Gasteiger partial charge in [0, 0.05) is 6.61 Å². The van der Waals surface area contributed by atoms with E-state index < -0.39 is 5.97 Å². The molecule has 0 heterocycles. The highest BCUT2D eigenvalue weighted by Crippen LogP contribution is 2.38. The summed E-state index contributed by atoms with van der Waals surface area (Å²) in [6.07, 6.45) is 0.801. The molecule has 1 saturated carbocycles. The highest BCUT2D eigenvalue weighted by molar-refractivity contribution is 5.73. The van der Waals surface area contributed by atoms with E-state index in [1.54, 1.807) is 0 Å². The molecule has 1 aliphatic carbocycles. The van der Waals surface area contributed by atoms with Gasteiger partial charge in [-0.2, -0.15) is 0 Å². The Morgan fingerprint density at radius 1 is 1.80 bits per heavy atom. The fourth-order valence-corrected chi connectivity index (χ4v) is 1.00. The number of aliphatic carboxylic acids is 1. The van der Waals surface area contributed by atoms with Gasteiger partial charge in [0.05, 0.1) is 12.5 Å². The van der Waals surface area contributed by atoms with Crippen LogP contribution in [0.1, 0.15) is 13.3 Å². The second-order valence-corrected chi connectivity index (χ2v) is 2.60. The lowest BCUT2D eigenvalue weighted by atomic mass is 10.3. The zero-order valence-corrected chi connectivity index (χ0v) is 6.04. The van der Waals surface area contributed by atoms with Gasteiger partial charge in [0.1, 0.15) is 0 Å². The van der Waals surface area contributed by atoms with Crippen LogP contribution in [0, 0.1) is 11.8 Å². The number of carboxylic acids is 1. The molecule has 2 atom stereocenters. The van der Waals surface area contributed by atoms with Crippen LogP contribution in [-0.2, 0) is 9.53 Å². The SMILES string of the molecule is CCOCC1CC1C(=O)O. The van der Waals surface area contributed by atoms with Crippen molar-refractivity contribution in [3.05, 3.63) is 0 Å². The maximum absolute atomic E-state index is 10.3. The van der Waals surface area contributed by atoms with Crippen molar-refractivity contribution in [2.24, 2.45) is 11.8 Å². The number of hydrogen-bond donors (Lipinski definition) is 1. The van der Waals surface area contributed by atoms with Crippen LogP contribution < -0.4 is 0 Å². The van der Waals surface area contributed by atoms with E-state index in [4.69, 9.17) is 9.84 Å². The molecule has 0 aromatic carbocycles. The highest BCUT2D eigenvalue weighted by atomic mass is 16.5. The van der Waals surface area contributed by atoms with Crippen molar-refractivity contribution in [3.63, 3.8) is 0 Å². The summed E-state index contributed by atoms with van der Waals surface area (Å²) in [6, 6.07) is 0. The zero-order chi connectivity index (χ0) is 7.56. The second kappa shape index (κ2) is 3.01. The topological polar surface area (TPSA) is 46.5 Å². The van der Waals surface area contributed by atoms with E-state index in [9.17, 15) is 4.79 Å². The third-order valence-electron chi connectivity index (χ3n) is 1.78. The third kappa shape index (κ3) is 1.70. The fraction of sp³-hybridized carbons (Fsp3) is 0.857. The number of carbonyl (C=O) groups is 1. The lowest BCUT2D eigenvalue weighted by Crippen LogP contribution is -2.03. The quantitative estimate of drug-likeness (QED) is 0.633. The number of rotatable bonds is 4. The lowest BCUT2D eigenvalue weighted by molar-refractivity contribution is -0.139. The van der Waals surface area contributed by atoms with Gasteiger partial charge in [0.15, 0.2) is 0 Å². The van der Waals surface area contributed by atoms with Crippen molar-refractivity contribution in [1.29, 1.82) is 0 Å². The summed E-state index contributed by atoms with van der Waals surface area (Å²) in [4.78, 5) is 10.3. The Kier molecular flexibility index (Phi) is 2.27. The smallest absolute Gasteiger partial charge is 0.306 e. The minimum atomic E-state index is -0.676. The van der Waals surface area contributed by atoms with Gasteiger partial charge in [-0.15, -0.1) is 0 Å². The molecule has 0 amide bonds. The molecule has 0 aliphatic heterocycles. The number of ether oxygens (including phenoxy) is 1. The van der Waals surface area contributed by atoms with E-state index in [-0.39, 0.29) is 11.8 Å². The molecule has 0 saturated heterocycles. The highest BCUT2D eigenvalue weighted by Gasteiger charge is 2.42. The van der Waals surface area contributed by atoms with E-state index in [0.29, 0.717) is 13.2 Å². The van der Waals surface area contributed by atoms with Gasteiger partial charge < -0.3 is 9.84 Å². The molecular formula is C7H12O3. The minimum Gasteiger partial charge on any atom is -0.481 e. The second-order valence-electron chi connectivity index (χ2n) is 2.60. The van der Waals surface area contributed by atoms with Gasteiger partial charge in [-0.3, -0.25) is 4.79 Å². The van der Waals surface area contributed by atoms with Crippen molar-refractivity contribution < 1.29 is 14.6 Å². The summed E-state index contributed by atoms with van der Waals surface area (Å²) in [5.41, 5.74) is 0. The van der Waals surface area contributed by atoms with Crippen molar-refractivity contribution in [2.45, 2.75) is 13.3 Å².